The van der Waals surface area contributed by atoms with Crippen molar-refractivity contribution in [2.45, 2.75) is 17.4 Å². The van der Waals surface area contributed by atoms with Crippen LogP contribution in [0.15, 0.2) is 140 Å². The standard InChI is InChI=1S/C32H26N6O3S2/c1-36-30(23-9-4-2-5-10-23)22-42-32(36)35-43(39,40)27-16-14-26(15-17-27)38-29(19-28(34-38)31-13-8-18-41-31)24-20-33-37(21-24)25-11-6-3-7-12-25/h2-18,20-22,29H,19H2,1H3/b35-32+. The fraction of sp³-hybridized carbons (Fsp3) is 0.0938. The van der Waals surface area contributed by atoms with Gasteiger partial charge in [0.15, 0.2) is 0 Å². The minimum atomic E-state index is -3.95. The molecule has 4 heterocycles. The number of aromatic nitrogens is 3. The molecule has 7 rings (SSSR count). The fourth-order valence-corrected chi connectivity index (χ4v) is 7.23. The molecule has 0 amide bonds. The second-order valence-electron chi connectivity index (χ2n) is 10.0. The van der Waals surface area contributed by atoms with E-state index in [9.17, 15) is 8.42 Å². The Morgan fingerprint density at radius 2 is 1.65 bits per heavy atom. The highest BCUT2D eigenvalue weighted by Crippen LogP contribution is 2.37. The number of thiazole rings is 1. The van der Waals surface area contributed by atoms with E-state index in [1.165, 1.54) is 11.3 Å². The van der Waals surface area contributed by atoms with Gasteiger partial charge in [-0.15, -0.1) is 15.7 Å². The number of hydrogen-bond acceptors (Lipinski definition) is 7. The molecule has 1 aliphatic heterocycles. The summed E-state index contributed by atoms with van der Waals surface area (Å²) in [5, 5.41) is 13.3. The number of hydrazone groups is 1. The van der Waals surface area contributed by atoms with Gasteiger partial charge in [-0.2, -0.15) is 18.6 Å². The summed E-state index contributed by atoms with van der Waals surface area (Å²) < 4.78 is 40.1. The van der Waals surface area contributed by atoms with Gasteiger partial charge in [-0.25, -0.2) is 4.68 Å². The minimum absolute atomic E-state index is 0.105. The van der Waals surface area contributed by atoms with Crippen LogP contribution in [0, 0.1) is 0 Å². The summed E-state index contributed by atoms with van der Waals surface area (Å²) in [5.74, 6) is 0.694. The maximum Gasteiger partial charge on any atom is 0.285 e. The smallest absolute Gasteiger partial charge is 0.285 e. The molecule has 1 aliphatic rings. The molecule has 3 aromatic carbocycles. The van der Waals surface area contributed by atoms with Crippen LogP contribution in [0.2, 0.25) is 0 Å². The number of nitrogens with zero attached hydrogens (tertiary/aromatic N) is 6. The summed E-state index contributed by atoms with van der Waals surface area (Å²) in [5.41, 5.74) is 5.36. The molecule has 0 spiro atoms. The van der Waals surface area contributed by atoms with Crippen LogP contribution in [0.5, 0.6) is 0 Å². The van der Waals surface area contributed by atoms with Crippen molar-refractivity contribution < 1.29 is 12.8 Å². The van der Waals surface area contributed by atoms with Crippen molar-refractivity contribution >= 4 is 32.8 Å². The van der Waals surface area contributed by atoms with E-state index in [0.29, 0.717) is 17.0 Å². The average molecular weight is 607 g/mol. The fourth-order valence-electron chi connectivity index (χ4n) is 5.08. The monoisotopic (exact) mass is 606 g/mol. The lowest BCUT2D eigenvalue weighted by atomic mass is 10.0. The molecule has 0 aliphatic carbocycles. The highest BCUT2D eigenvalue weighted by Gasteiger charge is 2.32. The highest BCUT2D eigenvalue weighted by atomic mass is 32.2. The average Bonchev–Trinajstić information content (AvgIpc) is 3.86. The number of furan rings is 1. The van der Waals surface area contributed by atoms with Gasteiger partial charge in [-0.05, 0) is 54.1 Å². The Bertz CT molecular complexity index is 2080. The second-order valence-corrected chi connectivity index (χ2v) is 12.5. The van der Waals surface area contributed by atoms with Crippen molar-refractivity contribution in [3.8, 4) is 16.9 Å². The molecule has 9 nitrogen and oxygen atoms in total. The topological polar surface area (TPSA) is 98.0 Å². The molecular weight excluding hydrogens is 581 g/mol. The third-order valence-electron chi connectivity index (χ3n) is 7.32. The number of benzene rings is 3. The van der Waals surface area contributed by atoms with E-state index in [0.717, 1.165) is 33.9 Å². The van der Waals surface area contributed by atoms with E-state index < -0.39 is 10.0 Å². The molecule has 43 heavy (non-hydrogen) atoms. The van der Waals surface area contributed by atoms with Crippen LogP contribution < -0.4 is 9.81 Å². The van der Waals surface area contributed by atoms with Crippen molar-refractivity contribution in [2.24, 2.45) is 16.5 Å². The first-order valence-corrected chi connectivity index (χ1v) is 15.9. The SMILES string of the molecule is Cn1c(-c2ccccc2)cs/c1=N/S(=O)(=O)c1ccc(N2N=C(c3ccco3)CC2c2cnn(-c3ccccc3)c2)cc1. The van der Waals surface area contributed by atoms with Gasteiger partial charge in [-0.1, -0.05) is 48.5 Å². The van der Waals surface area contributed by atoms with Crippen LogP contribution in [0.1, 0.15) is 23.8 Å². The first kappa shape index (κ1) is 26.9. The molecule has 1 unspecified atom stereocenters. The number of anilines is 1. The van der Waals surface area contributed by atoms with Crippen LogP contribution in [0.25, 0.3) is 16.9 Å². The number of para-hydroxylation sites is 1. The third-order valence-corrected chi connectivity index (χ3v) is 9.63. The Kier molecular flexibility index (Phi) is 6.88. The van der Waals surface area contributed by atoms with Crippen molar-refractivity contribution in [3.63, 3.8) is 0 Å². The lowest BCUT2D eigenvalue weighted by Crippen LogP contribution is -2.18. The number of hydrogen-bond donors (Lipinski definition) is 0. The summed E-state index contributed by atoms with van der Waals surface area (Å²) in [6.07, 6.45) is 6.06. The number of rotatable bonds is 7. The summed E-state index contributed by atoms with van der Waals surface area (Å²) in [7, 11) is -2.13. The molecule has 214 valence electrons. The van der Waals surface area contributed by atoms with E-state index in [2.05, 4.69) is 9.50 Å². The van der Waals surface area contributed by atoms with Gasteiger partial charge < -0.3 is 8.98 Å². The van der Waals surface area contributed by atoms with Gasteiger partial charge in [0.05, 0.1) is 40.5 Å². The zero-order chi connectivity index (χ0) is 29.4. The molecule has 11 heteroatoms. The van der Waals surface area contributed by atoms with Crippen LogP contribution in [0.3, 0.4) is 0 Å². The molecule has 0 radical (unpaired) electrons. The van der Waals surface area contributed by atoms with Gasteiger partial charge in [0.1, 0.15) is 11.5 Å². The quantitative estimate of drug-likeness (QED) is 0.216. The minimum Gasteiger partial charge on any atom is -0.463 e. The molecule has 0 saturated heterocycles. The summed E-state index contributed by atoms with van der Waals surface area (Å²) >= 11 is 1.29. The van der Waals surface area contributed by atoms with Gasteiger partial charge in [-0.3, -0.25) is 5.01 Å². The van der Waals surface area contributed by atoms with Crippen LogP contribution in [-0.2, 0) is 17.1 Å². The predicted molar refractivity (Wildman–Crippen MR) is 167 cm³/mol. The van der Waals surface area contributed by atoms with Crippen molar-refractivity contribution in [3.05, 3.63) is 137 Å². The first-order chi connectivity index (χ1) is 21.0. The molecule has 0 fully saturated rings. The van der Waals surface area contributed by atoms with Gasteiger partial charge >= 0.3 is 0 Å². The largest absolute Gasteiger partial charge is 0.463 e. The molecule has 6 aromatic rings. The zero-order valence-electron chi connectivity index (χ0n) is 23.1. The molecule has 0 bridgehead atoms. The first-order valence-electron chi connectivity index (χ1n) is 13.6. The summed E-state index contributed by atoms with van der Waals surface area (Å²) in [6, 6.07) is 29.9. The third kappa shape index (κ3) is 5.24. The Hall–Kier alpha value is -5.00. The molecule has 3 aromatic heterocycles. The lowest BCUT2D eigenvalue weighted by molar-refractivity contribution is 0.556. The van der Waals surface area contributed by atoms with Crippen molar-refractivity contribution in [1.29, 1.82) is 0 Å². The predicted octanol–water partition coefficient (Wildman–Crippen LogP) is 6.18. The Morgan fingerprint density at radius 1 is 0.907 bits per heavy atom. The summed E-state index contributed by atoms with van der Waals surface area (Å²) in [6.45, 7) is 0. The zero-order valence-corrected chi connectivity index (χ0v) is 24.7. The van der Waals surface area contributed by atoms with Crippen LogP contribution in [-0.4, -0.2) is 28.5 Å². The van der Waals surface area contributed by atoms with E-state index in [-0.39, 0.29) is 10.9 Å². The van der Waals surface area contributed by atoms with E-state index in [4.69, 9.17) is 9.52 Å². The van der Waals surface area contributed by atoms with Crippen LogP contribution in [0.4, 0.5) is 5.69 Å². The maximum absolute atomic E-state index is 13.3. The van der Waals surface area contributed by atoms with E-state index >= 15 is 0 Å². The van der Waals surface area contributed by atoms with E-state index in [1.807, 2.05) is 107 Å². The normalized spacial score (nSPS) is 15.7. The Labute approximate surface area is 252 Å². The van der Waals surface area contributed by atoms with Crippen molar-refractivity contribution in [1.82, 2.24) is 14.3 Å². The molecule has 0 saturated carbocycles. The maximum atomic E-state index is 13.3. The lowest BCUT2D eigenvalue weighted by Gasteiger charge is -2.22. The van der Waals surface area contributed by atoms with Crippen molar-refractivity contribution in [2.75, 3.05) is 5.01 Å². The van der Waals surface area contributed by atoms with Gasteiger partial charge in [0.25, 0.3) is 10.0 Å². The van der Waals surface area contributed by atoms with Gasteiger partial charge in [0.2, 0.25) is 4.80 Å². The second kappa shape index (κ2) is 11.0. The number of sulfonamides is 1. The van der Waals surface area contributed by atoms with E-state index in [1.54, 1.807) is 35.1 Å². The van der Waals surface area contributed by atoms with Gasteiger partial charge in [0, 0.05) is 30.6 Å². The summed E-state index contributed by atoms with van der Waals surface area (Å²) in [4.78, 5) is 0.499. The Morgan fingerprint density at radius 3 is 2.37 bits per heavy atom. The Balaban J connectivity index is 1.20. The van der Waals surface area contributed by atoms with Crippen LogP contribution >= 0.6 is 11.3 Å². The molecule has 0 N–H and O–H groups in total. The molecule has 1 atom stereocenters. The highest BCUT2D eigenvalue weighted by molar-refractivity contribution is 7.90. The molecular formula is C32H26N6O3S2.